The second-order valence-electron chi connectivity index (χ2n) is 6.51. The zero-order valence-electron chi connectivity index (χ0n) is 16.2. The lowest BCUT2D eigenvalue weighted by atomic mass is 10.2. The molecule has 3 aromatic carbocycles. The maximum atomic E-state index is 14.1. The van der Waals surface area contributed by atoms with Crippen LogP contribution in [0.15, 0.2) is 82.2 Å². The van der Waals surface area contributed by atoms with Crippen LogP contribution >= 0.6 is 39.0 Å². The summed E-state index contributed by atoms with van der Waals surface area (Å²) < 4.78 is 41.0. The highest BCUT2D eigenvalue weighted by molar-refractivity contribution is 9.10. The number of nitrogens with zero attached hydrogens (tertiary/aromatic N) is 2. The molecule has 3 nitrogen and oxygen atoms in total. The van der Waals surface area contributed by atoms with E-state index in [9.17, 15) is 18.0 Å². The molecule has 9 heteroatoms. The molecule has 0 atom stereocenters. The molecule has 32 heavy (non-hydrogen) atoms. The maximum Gasteiger partial charge on any atom is 0.288 e. The van der Waals surface area contributed by atoms with Crippen molar-refractivity contribution in [2.45, 2.75) is 10.7 Å². The number of hydrogen-bond donors (Lipinski definition) is 0. The summed E-state index contributed by atoms with van der Waals surface area (Å²) >= 11 is 5.04. The average Bonchev–Trinajstić information content (AvgIpc) is 3.19. The lowest BCUT2D eigenvalue weighted by Crippen LogP contribution is -2.23. The molecule has 0 fully saturated rings. The van der Waals surface area contributed by atoms with Gasteiger partial charge in [-0.15, -0.1) is 0 Å². The Balaban J connectivity index is 1.72. The van der Waals surface area contributed by atoms with Crippen LogP contribution in [-0.2, 0) is 4.79 Å². The van der Waals surface area contributed by atoms with Gasteiger partial charge in [-0.3, -0.25) is 9.69 Å². The van der Waals surface area contributed by atoms with E-state index in [2.05, 4.69) is 20.9 Å². The van der Waals surface area contributed by atoms with Gasteiger partial charge in [0.15, 0.2) is 5.13 Å². The number of hydrogen-bond acceptors (Lipinski definition) is 4. The zero-order valence-corrected chi connectivity index (χ0v) is 19.4. The summed E-state index contributed by atoms with van der Waals surface area (Å²) in [5.74, 6) is -3.44. The number of para-hydroxylation sites is 1. The first-order valence-electron chi connectivity index (χ1n) is 9.28. The van der Waals surface area contributed by atoms with Crippen LogP contribution in [0.1, 0.15) is 5.56 Å². The lowest BCUT2D eigenvalue weighted by molar-refractivity contribution is -0.113. The Hall–Kier alpha value is -2.62. The molecule has 0 spiro atoms. The Morgan fingerprint density at radius 3 is 2.56 bits per heavy atom. The van der Waals surface area contributed by atoms with E-state index in [0.29, 0.717) is 31.9 Å². The molecule has 162 valence electrons. The van der Waals surface area contributed by atoms with Crippen molar-refractivity contribution in [3.63, 3.8) is 0 Å². The largest absolute Gasteiger partial charge is 0.288 e. The summed E-state index contributed by atoms with van der Waals surface area (Å²) in [5, 5.41) is 0.421. The van der Waals surface area contributed by atoms with E-state index in [0.717, 1.165) is 10.2 Å². The van der Waals surface area contributed by atoms with Gasteiger partial charge in [-0.2, -0.15) is 8.78 Å². The molecule has 0 saturated carbocycles. The third-order valence-electron chi connectivity index (χ3n) is 4.38. The molecule has 0 aliphatic carbocycles. The molecule has 4 aromatic rings. The van der Waals surface area contributed by atoms with Crippen molar-refractivity contribution < 1.29 is 18.0 Å². The molecular formula is C23H14BrF3N2OS2. The molecule has 0 radical (unpaired) electrons. The minimum atomic E-state index is -2.54. The number of alkyl halides is 2. The highest BCUT2D eigenvalue weighted by atomic mass is 79.9. The third kappa shape index (κ3) is 5.23. The Kier molecular flexibility index (Phi) is 6.98. The number of rotatable bonds is 6. The summed E-state index contributed by atoms with van der Waals surface area (Å²) in [4.78, 5) is 19.5. The van der Waals surface area contributed by atoms with Gasteiger partial charge < -0.3 is 0 Å². The van der Waals surface area contributed by atoms with E-state index in [1.165, 1.54) is 46.6 Å². The fourth-order valence-corrected chi connectivity index (χ4v) is 4.81. The van der Waals surface area contributed by atoms with Gasteiger partial charge in [0.25, 0.3) is 11.7 Å². The number of carbonyl (C=O) groups is 1. The number of fused-ring (bicyclic) bond motifs is 1. The smallest absolute Gasteiger partial charge is 0.269 e. The summed E-state index contributed by atoms with van der Waals surface area (Å²) in [6.07, 6.45) is 2.66. The topological polar surface area (TPSA) is 33.2 Å². The predicted octanol–water partition coefficient (Wildman–Crippen LogP) is 7.89. The minimum Gasteiger partial charge on any atom is -0.269 e. The van der Waals surface area contributed by atoms with Gasteiger partial charge in [-0.25, -0.2) is 9.37 Å². The first kappa shape index (κ1) is 22.6. The first-order valence-corrected chi connectivity index (χ1v) is 11.8. The molecule has 0 aliphatic heterocycles. The lowest BCUT2D eigenvalue weighted by Gasteiger charge is -2.18. The normalized spacial score (nSPS) is 11.5. The van der Waals surface area contributed by atoms with E-state index in [1.54, 1.807) is 24.3 Å². The number of carbonyl (C=O) groups excluding carboxylic acids is 1. The van der Waals surface area contributed by atoms with E-state index < -0.39 is 17.5 Å². The molecule has 0 saturated heterocycles. The zero-order chi connectivity index (χ0) is 22.7. The second-order valence-corrected chi connectivity index (χ2v) is 9.50. The van der Waals surface area contributed by atoms with Crippen molar-refractivity contribution in [3.8, 4) is 0 Å². The molecule has 0 aliphatic rings. The van der Waals surface area contributed by atoms with Crippen LogP contribution in [-0.4, -0.2) is 16.6 Å². The number of benzene rings is 3. The Labute approximate surface area is 198 Å². The van der Waals surface area contributed by atoms with E-state index >= 15 is 0 Å². The molecule has 0 N–H and O–H groups in total. The van der Waals surface area contributed by atoms with Gasteiger partial charge in [-0.05, 0) is 60.7 Å². The predicted molar refractivity (Wildman–Crippen MR) is 128 cm³/mol. The number of thiazole rings is 1. The number of amides is 1. The summed E-state index contributed by atoms with van der Waals surface area (Å²) in [5.41, 5.74) is 1.45. The van der Waals surface area contributed by atoms with Gasteiger partial charge in [0.2, 0.25) is 0 Å². The van der Waals surface area contributed by atoms with Crippen LogP contribution in [0.2, 0.25) is 0 Å². The molecular weight excluding hydrogens is 521 g/mol. The Morgan fingerprint density at radius 2 is 1.84 bits per heavy atom. The molecule has 1 amide bonds. The van der Waals surface area contributed by atoms with Crippen molar-refractivity contribution in [2.24, 2.45) is 0 Å². The summed E-state index contributed by atoms with van der Waals surface area (Å²) in [6.45, 7) is 0. The van der Waals surface area contributed by atoms with Crippen LogP contribution in [0.25, 0.3) is 16.3 Å². The van der Waals surface area contributed by atoms with Crippen LogP contribution in [0.3, 0.4) is 0 Å². The van der Waals surface area contributed by atoms with Gasteiger partial charge >= 0.3 is 0 Å². The summed E-state index contributed by atoms with van der Waals surface area (Å²) in [7, 11) is 0. The maximum absolute atomic E-state index is 14.1. The van der Waals surface area contributed by atoms with Crippen LogP contribution < -0.4 is 4.90 Å². The standard InChI is InChI=1S/C23H14BrF3N2OS2/c24-15-6-11-18(25)14(13-15)5-12-21(30)29(16-7-9-17(10-8-16)31-22(26)27)23-28-19-3-1-2-4-20(19)32-23/h1-13,22H/b12-5+. The molecule has 0 unspecified atom stereocenters. The van der Waals surface area contributed by atoms with Gasteiger partial charge in [0.05, 0.1) is 15.9 Å². The number of halogens is 4. The van der Waals surface area contributed by atoms with Gasteiger partial charge in [0.1, 0.15) is 5.82 Å². The van der Waals surface area contributed by atoms with Crippen molar-refractivity contribution in [3.05, 3.63) is 88.7 Å². The van der Waals surface area contributed by atoms with Crippen LogP contribution in [0.5, 0.6) is 0 Å². The summed E-state index contributed by atoms with van der Waals surface area (Å²) in [6, 6.07) is 18.1. The van der Waals surface area contributed by atoms with Gasteiger partial charge in [-0.1, -0.05) is 51.2 Å². The quantitative estimate of drug-likeness (QED) is 0.186. The monoisotopic (exact) mass is 534 g/mol. The Bertz CT molecular complexity index is 1260. The first-order chi connectivity index (χ1) is 15.4. The fourth-order valence-electron chi connectivity index (χ4n) is 2.94. The fraction of sp³-hybridized carbons (Fsp3) is 0.0435. The van der Waals surface area contributed by atoms with E-state index in [4.69, 9.17) is 0 Å². The number of anilines is 2. The minimum absolute atomic E-state index is 0.251. The second kappa shape index (κ2) is 9.89. The Morgan fingerprint density at radius 1 is 1.09 bits per heavy atom. The van der Waals surface area contributed by atoms with E-state index in [1.807, 2.05) is 24.3 Å². The van der Waals surface area contributed by atoms with Crippen LogP contribution in [0.4, 0.5) is 24.0 Å². The van der Waals surface area contributed by atoms with Gasteiger partial charge in [0, 0.05) is 21.0 Å². The number of aromatic nitrogens is 1. The molecule has 1 heterocycles. The third-order valence-corrected chi connectivity index (χ3v) is 6.62. The van der Waals surface area contributed by atoms with Crippen LogP contribution in [0, 0.1) is 5.82 Å². The van der Waals surface area contributed by atoms with Crippen molar-refractivity contribution in [1.29, 1.82) is 0 Å². The molecule has 4 rings (SSSR count). The van der Waals surface area contributed by atoms with Crippen molar-refractivity contribution in [2.75, 3.05) is 4.90 Å². The van der Waals surface area contributed by atoms with Crippen molar-refractivity contribution >= 4 is 72.0 Å². The SMILES string of the molecule is O=C(/C=C/c1cc(Br)ccc1F)N(c1ccc(SC(F)F)cc1)c1nc2ccccc2s1. The van der Waals surface area contributed by atoms with E-state index in [-0.39, 0.29) is 5.56 Å². The highest BCUT2D eigenvalue weighted by Crippen LogP contribution is 2.35. The molecule has 0 bridgehead atoms. The molecule has 1 aromatic heterocycles. The van der Waals surface area contributed by atoms with Crippen molar-refractivity contribution in [1.82, 2.24) is 4.98 Å². The number of thioether (sulfide) groups is 1. The average molecular weight is 535 g/mol. The highest BCUT2D eigenvalue weighted by Gasteiger charge is 2.20.